The first-order valence-corrected chi connectivity index (χ1v) is 12.4. The fraction of sp³-hybridized carbons (Fsp3) is 0.385. The summed E-state index contributed by atoms with van der Waals surface area (Å²) in [5.74, 6) is 1.71. The van der Waals surface area contributed by atoms with Gasteiger partial charge in [-0.15, -0.1) is 11.3 Å². The molecule has 0 atom stereocenters. The molecule has 4 aromatic rings. The summed E-state index contributed by atoms with van der Waals surface area (Å²) in [5.41, 5.74) is 2.46. The maximum atomic E-state index is 4.81. The topological polar surface area (TPSA) is 53.1 Å². The highest BCUT2D eigenvalue weighted by atomic mass is 32.1. The van der Waals surface area contributed by atoms with Crippen molar-refractivity contribution in [1.29, 1.82) is 0 Å². The molecule has 0 spiro atoms. The Morgan fingerprint density at radius 1 is 0.906 bits per heavy atom. The van der Waals surface area contributed by atoms with Crippen molar-refractivity contribution in [1.82, 2.24) is 15.3 Å². The lowest BCUT2D eigenvalue weighted by molar-refractivity contribution is 0.355. The fourth-order valence-electron chi connectivity index (χ4n) is 4.73. The van der Waals surface area contributed by atoms with Crippen molar-refractivity contribution < 1.29 is 0 Å². The normalized spacial score (nSPS) is 18.8. The van der Waals surface area contributed by atoms with Crippen LogP contribution >= 0.6 is 11.3 Å². The monoisotopic (exact) mass is 445 g/mol. The van der Waals surface area contributed by atoms with E-state index in [0.29, 0.717) is 12.1 Å². The minimum atomic E-state index is 0.435. The summed E-state index contributed by atoms with van der Waals surface area (Å²) in [7, 11) is 4.07. The second-order valence-corrected chi connectivity index (χ2v) is 9.85. The molecule has 2 heterocycles. The summed E-state index contributed by atoms with van der Waals surface area (Å²) in [6, 6.07) is 18.0. The minimum Gasteiger partial charge on any atom is -0.362 e. The van der Waals surface area contributed by atoms with Gasteiger partial charge in [0.15, 0.2) is 0 Å². The second-order valence-electron chi connectivity index (χ2n) is 8.94. The van der Waals surface area contributed by atoms with E-state index in [2.05, 4.69) is 57.3 Å². The molecule has 2 aromatic carbocycles. The van der Waals surface area contributed by atoms with Crippen LogP contribution in [0.4, 0.5) is 11.8 Å². The lowest BCUT2D eigenvalue weighted by Crippen LogP contribution is -2.38. The number of anilines is 2. The summed E-state index contributed by atoms with van der Waals surface area (Å²) in [5, 5.41) is 12.2. The van der Waals surface area contributed by atoms with Crippen LogP contribution in [0.15, 0.2) is 53.9 Å². The number of thiophene rings is 1. The number of benzene rings is 2. The quantitative estimate of drug-likeness (QED) is 0.395. The minimum absolute atomic E-state index is 0.435. The molecule has 5 nitrogen and oxygen atoms in total. The van der Waals surface area contributed by atoms with Gasteiger partial charge in [-0.05, 0) is 73.2 Å². The molecule has 0 radical (unpaired) electrons. The van der Waals surface area contributed by atoms with Gasteiger partial charge in [0.2, 0.25) is 5.95 Å². The largest absolute Gasteiger partial charge is 0.362 e. The molecule has 1 saturated carbocycles. The summed E-state index contributed by atoms with van der Waals surface area (Å²) < 4.78 is 1.39. The van der Waals surface area contributed by atoms with Crippen LogP contribution in [0, 0.1) is 0 Å². The van der Waals surface area contributed by atoms with Crippen molar-refractivity contribution >= 4 is 44.1 Å². The number of para-hydroxylation sites is 1. The van der Waals surface area contributed by atoms with E-state index in [1.165, 1.54) is 28.5 Å². The van der Waals surface area contributed by atoms with E-state index in [9.17, 15) is 0 Å². The van der Waals surface area contributed by atoms with Crippen molar-refractivity contribution in [3.63, 3.8) is 0 Å². The first-order chi connectivity index (χ1) is 15.7. The molecule has 2 aromatic heterocycles. The third kappa shape index (κ3) is 4.57. The number of hydrogen-bond donors (Lipinski definition) is 2. The van der Waals surface area contributed by atoms with E-state index in [1.807, 2.05) is 37.6 Å². The summed E-state index contributed by atoms with van der Waals surface area (Å²) in [6.07, 6.45) is 5.77. The molecular formula is C26H31N5S. The van der Waals surface area contributed by atoms with Crippen LogP contribution in [0.25, 0.3) is 21.0 Å². The number of nitrogens with one attached hydrogen (secondary N) is 2. The molecule has 1 fully saturated rings. The summed E-state index contributed by atoms with van der Waals surface area (Å²) >= 11 is 1.85. The molecule has 5 rings (SSSR count). The Kier molecular flexibility index (Phi) is 6.23. The van der Waals surface area contributed by atoms with Crippen molar-refractivity contribution in [2.24, 2.45) is 0 Å². The molecule has 166 valence electrons. The first kappa shape index (κ1) is 21.2. The summed E-state index contributed by atoms with van der Waals surface area (Å²) in [4.78, 5) is 11.6. The molecule has 0 saturated heterocycles. The average Bonchev–Trinajstić information content (AvgIpc) is 3.23. The Balaban J connectivity index is 1.14. The lowest BCUT2D eigenvalue weighted by Gasteiger charge is -2.30. The van der Waals surface area contributed by atoms with Crippen LogP contribution in [-0.2, 0) is 6.42 Å². The van der Waals surface area contributed by atoms with Crippen molar-refractivity contribution in [3.8, 4) is 0 Å². The number of fused-ring (bicyclic) bond motifs is 2. The van der Waals surface area contributed by atoms with Gasteiger partial charge in [0.1, 0.15) is 5.82 Å². The molecule has 32 heavy (non-hydrogen) atoms. The van der Waals surface area contributed by atoms with Gasteiger partial charge in [0.05, 0.1) is 5.52 Å². The second kappa shape index (κ2) is 9.43. The van der Waals surface area contributed by atoms with Gasteiger partial charge in [0.25, 0.3) is 0 Å². The molecule has 0 aliphatic heterocycles. The van der Waals surface area contributed by atoms with Gasteiger partial charge >= 0.3 is 0 Å². The third-order valence-electron chi connectivity index (χ3n) is 6.46. The highest BCUT2D eigenvalue weighted by Crippen LogP contribution is 2.27. The van der Waals surface area contributed by atoms with E-state index >= 15 is 0 Å². The Hall–Kier alpha value is -2.70. The van der Waals surface area contributed by atoms with E-state index < -0.39 is 0 Å². The highest BCUT2D eigenvalue weighted by Gasteiger charge is 2.22. The van der Waals surface area contributed by atoms with Gasteiger partial charge in [-0.2, -0.15) is 4.98 Å². The van der Waals surface area contributed by atoms with Crippen molar-refractivity contribution in [2.45, 2.75) is 44.2 Å². The van der Waals surface area contributed by atoms with Crippen LogP contribution < -0.4 is 15.5 Å². The van der Waals surface area contributed by atoms with E-state index in [-0.39, 0.29) is 0 Å². The third-order valence-corrected chi connectivity index (χ3v) is 7.47. The zero-order chi connectivity index (χ0) is 21.9. The predicted molar refractivity (Wildman–Crippen MR) is 137 cm³/mol. The molecule has 2 N–H and O–H groups in total. The van der Waals surface area contributed by atoms with Crippen LogP contribution in [0.5, 0.6) is 0 Å². The Morgan fingerprint density at radius 2 is 1.62 bits per heavy atom. The smallest absolute Gasteiger partial charge is 0.225 e. The van der Waals surface area contributed by atoms with E-state index in [0.717, 1.165) is 48.5 Å². The van der Waals surface area contributed by atoms with Crippen LogP contribution in [0.2, 0.25) is 0 Å². The van der Waals surface area contributed by atoms with Crippen molar-refractivity contribution in [2.75, 3.05) is 30.9 Å². The number of rotatable bonds is 7. The van der Waals surface area contributed by atoms with Gasteiger partial charge in [-0.25, -0.2) is 4.98 Å². The van der Waals surface area contributed by atoms with E-state index in [1.54, 1.807) is 0 Å². The van der Waals surface area contributed by atoms with E-state index in [4.69, 9.17) is 9.97 Å². The molecule has 6 heteroatoms. The maximum absolute atomic E-state index is 4.81. The average molecular weight is 446 g/mol. The molecule has 0 unspecified atom stereocenters. The number of nitrogens with zero attached hydrogens (tertiary/aromatic N) is 3. The Bertz CT molecular complexity index is 1190. The molecule has 1 aliphatic rings. The fourth-order valence-corrected chi connectivity index (χ4v) is 5.72. The Labute approximate surface area is 193 Å². The SMILES string of the molecule is CN(C)c1nc(NC2CCC(NCCc3csc4ccccc34)CC2)nc2ccccc12. The number of aromatic nitrogens is 2. The lowest BCUT2D eigenvalue weighted by atomic mass is 9.91. The zero-order valence-electron chi connectivity index (χ0n) is 18.8. The molecule has 0 amide bonds. The van der Waals surface area contributed by atoms with Gasteiger partial charge in [0, 0.05) is 36.3 Å². The van der Waals surface area contributed by atoms with Gasteiger partial charge in [-0.3, -0.25) is 0 Å². The van der Waals surface area contributed by atoms with Crippen LogP contribution in [-0.4, -0.2) is 42.7 Å². The molecule has 0 bridgehead atoms. The standard InChI is InChI=1S/C26H31N5S/c1-31(2)25-22-8-3-5-9-23(22)29-26(30-25)28-20-13-11-19(12-14-20)27-16-15-18-17-32-24-10-6-4-7-21(18)24/h3-10,17,19-20,27H,11-16H2,1-2H3,(H,28,29,30). The summed E-state index contributed by atoms with van der Waals surface area (Å²) in [6.45, 7) is 1.05. The highest BCUT2D eigenvalue weighted by molar-refractivity contribution is 7.17. The Morgan fingerprint density at radius 3 is 2.44 bits per heavy atom. The zero-order valence-corrected chi connectivity index (χ0v) is 19.7. The van der Waals surface area contributed by atoms with Crippen molar-refractivity contribution in [3.05, 3.63) is 59.5 Å². The van der Waals surface area contributed by atoms with Crippen LogP contribution in [0.1, 0.15) is 31.2 Å². The molecular weight excluding hydrogens is 414 g/mol. The van der Waals surface area contributed by atoms with Gasteiger partial charge < -0.3 is 15.5 Å². The first-order valence-electron chi connectivity index (χ1n) is 11.6. The maximum Gasteiger partial charge on any atom is 0.225 e. The predicted octanol–water partition coefficient (Wildman–Crippen LogP) is 5.47. The van der Waals surface area contributed by atoms with Crippen LogP contribution in [0.3, 0.4) is 0 Å². The molecule has 1 aliphatic carbocycles. The van der Waals surface area contributed by atoms with Gasteiger partial charge in [-0.1, -0.05) is 30.3 Å². The number of hydrogen-bond acceptors (Lipinski definition) is 6.